The molecule has 2 aromatic heterocycles. The lowest BCUT2D eigenvalue weighted by Gasteiger charge is -2.31. The second kappa shape index (κ2) is 15.4. The Morgan fingerprint density at radius 1 is 0.787 bits per heavy atom. The number of carbonyl (C=O) groups excluding carboxylic acids is 3. The molecule has 0 spiro atoms. The number of halogens is 2. The quantitative estimate of drug-likeness (QED) is 0.163. The predicted molar refractivity (Wildman–Crippen MR) is 181 cm³/mol. The summed E-state index contributed by atoms with van der Waals surface area (Å²) in [6.45, 7) is 4.90. The van der Waals surface area contributed by atoms with Crippen molar-refractivity contribution in [3.05, 3.63) is 81.0 Å². The van der Waals surface area contributed by atoms with Gasteiger partial charge in [0.1, 0.15) is 33.0 Å². The molecule has 7 N–H and O–H groups in total. The van der Waals surface area contributed by atoms with E-state index in [4.69, 9.17) is 11.5 Å². The third kappa shape index (κ3) is 8.87. The van der Waals surface area contributed by atoms with E-state index in [1.54, 1.807) is 19.1 Å². The lowest BCUT2D eigenvalue weighted by Crippen LogP contribution is -2.41. The molecule has 0 atom stereocenters. The molecule has 0 bridgehead atoms. The van der Waals surface area contributed by atoms with E-state index in [0.717, 1.165) is 38.8 Å². The molecule has 11 nitrogen and oxygen atoms in total. The number of hydrogen-bond donors (Lipinski definition) is 5. The molecule has 248 valence electrons. The van der Waals surface area contributed by atoms with Gasteiger partial charge in [0, 0.05) is 43.2 Å². The van der Waals surface area contributed by atoms with Crippen molar-refractivity contribution in [1.29, 1.82) is 0 Å². The first-order valence-electron chi connectivity index (χ1n) is 15.2. The van der Waals surface area contributed by atoms with Gasteiger partial charge in [-0.15, -0.1) is 0 Å². The summed E-state index contributed by atoms with van der Waals surface area (Å²) in [7, 11) is 0. The van der Waals surface area contributed by atoms with Gasteiger partial charge in [-0.1, -0.05) is 46.9 Å². The maximum atomic E-state index is 13.3. The highest BCUT2D eigenvalue weighted by atomic mass is 32.1. The van der Waals surface area contributed by atoms with Crippen LogP contribution in [0.2, 0.25) is 0 Å². The summed E-state index contributed by atoms with van der Waals surface area (Å²) >= 11 is 2.39. The fourth-order valence-corrected chi connectivity index (χ4v) is 7.14. The first-order valence-corrected chi connectivity index (χ1v) is 16.8. The van der Waals surface area contributed by atoms with Crippen LogP contribution in [0.3, 0.4) is 0 Å². The number of hydrogen-bond acceptors (Lipinski definition) is 12. The highest BCUT2D eigenvalue weighted by Crippen LogP contribution is 2.30. The Hall–Kier alpha value is -4.47. The van der Waals surface area contributed by atoms with Gasteiger partial charge in [0.2, 0.25) is 17.5 Å². The van der Waals surface area contributed by atoms with Crippen molar-refractivity contribution >= 4 is 62.0 Å². The van der Waals surface area contributed by atoms with E-state index in [-0.39, 0.29) is 46.3 Å². The van der Waals surface area contributed by atoms with Gasteiger partial charge in [-0.3, -0.25) is 14.4 Å². The topological polar surface area (TPSA) is 168 Å². The molecule has 2 aliphatic heterocycles. The summed E-state index contributed by atoms with van der Waals surface area (Å²) < 4.78 is 26.6. The summed E-state index contributed by atoms with van der Waals surface area (Å²) in [5.74, 6) is -1.13. The summed E-state index contributed by atoms with van der Waals surface area (Å²) in [5.41, 5.74) is 12.3. The normalized spacial score (nSPS) is 15.4. The minimum absolute atomic E-state index is 0.0833. The third-order valence-electron chi connectivity index (χ3n) is 7.83. The van der Waals surface area contributed by atoms with Crippen LogP contribution in [0.25, 0.3) is 0 Å². The second-order valence-electron chi connectivity index (χ2n) is 11.2. The first-order chi connectivity index (χ1) is 22.6. The lowest BCUT2D eigenvalue weighted by molar-refractivity contribution is -0.129. The number of benzene rings is 2. The van der Waals surface area contributed by atoms with E-state index in [0.29, 0.717) is 39.1 Å². The van der Waals surface area contributed by atoms with Crippen molar-refractivity contribution in [1.82, 2.24) is 20.2 Å². The standard InChI is InChI=1S/C17H19FN4O2S.C15H17FN4OS/c1-10(23)22-7-5-13(6-8-22)20-17-21-16(19)15(25-17)14(24)11-3-2-4-12(18)9-11;16-10-3-1-2-9(8-10)12(21)13-14(17)20-15(22-13)19-11-4-6-18-7-5-11/h2-4,9,13H,5-8,19H2,1H3,(H,20,21);1-3,8,11,18H,4-7,17H2,(H,19,20). The number of anilines is 4. The van der Waals surface area contributed by atoms with Crippen molar-refractivity contribution in [2.24, 2.45) is 0 Å². The van der Waals surface area contributed by atoms with Crippen molar-refractivity contribution in [2.75, 3.05) is 48.3 Å². The molecule has 2 aromatic carbocycles. The summed E-state index contributed by atoms with van der Waals surface area (Å²) in [5, 5.41) is 11.1. The number of nitrogens with two attached hydrogens (primary N) is 2. The molecule has 1 amide bonds. The maximum Gasteiger partial charge on any atom is 0.219 e. The Bertz CT molecular complexity index is 1730. The number of aromatic nitrogens is 2. The predicted octanol–water partition coefficient (Wildman–Crippen LogP) is 4.78. The average molecular weight is 683 g/mol. The minimum atomic E-state index is -0.468. The van der Waals surface area contributed by atoms with Crippen molar-refractivity contribution < 1.29 is 23.2 Å². The van der Waals surface area contributed by atoms with Crippen LogP contribution < -0.4 is 27.4 Å². The lowest BCUT2D eigenvalue weighted by atomic mass is 10.1. The SMILES string of the molecule is CC(=O)N1CCC(Nc2nc(N)c(C(=O)c3cccc(F)c3)s2)CC1.Nc1nc(NC2CCNCC2)sc1C(=O)c1cccc(F)c1. The van der Waals surface area contributed by atoms with E-state index in [1.165, 1.54) is 59.1 Å². The Morgan fingerprint density at radius 2 is 1.23 bits per heavy atom. The van der Waals surface area contributed by atoms with Gasteiger partial charge < -0.3 is 32.3 Å². The van der Waals surface area contributed by atoms with Crippen LogP contribution in [0.1, 0.15) is 63.1 Å². The average Bonchev–Trinajstić information content (AvgIpc) is 3.61. The van der Waals surface area contributed by atoms with E-state index < -0.39 is 11.6 Å². The summed E-state index contributed by atoms with van der Waals surface area (Å²) in [4.78, 5) is 47.2. The molecule has 4 heterocycles. The van der Waals surface area contributed by atoms with Crippen LogP contribution in [-0.4, -0.2) is 70.6 Å². The smallest absolute Gasteiger partial charge is 0.219 e. The fraction of sp³-hybridized carbons (Fsp3) is 0.344. The van der Waals surface area contributed by atoms with Crippen LogP contribution in [0.5, 0.6) is 0 Å². The molecule has 2 fully saturated rings. The highest BCUT2D eigenvalue weighted by Gasteiger charge is 2.24. The molecular weight excluding hydrogens is 647 g/mol. The maximum absolute atomic E-state index is 13.3. The van der Waals surface area contributed by atoms with E-state index in [9.17, 15) is 23.2 Å². The van der Waals surface area contributed by atoms with Gasteiger partial charge in [-0.2, -0.15) is 0 Å². The molecule has 2 saturated heterocycles. The number of likely N-dealkylation sites (tertiary alicyclic amines) is 1. The van der Waals surface area contributed by atoms with Crippen molar-refractivity contribution in [3.63, 3.8) is 0 Å². The van der Waals surface area contributed by atoms with Crippen LogP contribution in [0.4, 0.5) is 30.7 Å². The number of ketones is 2. The number of nitrogens with zero attached hydrogens (tertiary/aromatic N) is 3. The molecule has 4 aromatic rings. The van der Waals surface area contributed by atoms with Crippen molar-refractivity contribution in [2.45, 2.75) is 44.7 Å². The molecular formula is C32H36F2N8O3S2. The number of thiazole rings is 2. The second-order valence-corrected chi connectivity index (χ2v) is 13.2. The Morgan fingerprint density at radius 3 is 1.66 bits per heavy atom. The fourth-order valence-electron chi connectivity index (χ4n) is 5.29. The minimum Gasteiger partial charge on any atom is -0.382 e. The van der Waals surface area contributed by atoms with E-state index in [1.807, 2.05) is 4.90 Å². The number of carbonyl (C=O) groups is 3. The molecule has 0 aliphatic carbocycles. The van der Waals surface area contributed by atoms with Crippen LogP contribution in [0.15, 0.2) is 48.5 Å². The van der Waals surface area contributed by atoms with Gasteiger partial charge >= 0.3 is 0 Å². The van der Waals surface area contributed by atoms with E-state index >= 15 is 0 Å². The Balaban J connectivity index is 0.000000186. The van der Waals surface area contributed by atoms with Gasteiger partial charge in [0.05, 0.1) is 0 Å². The summed E-state index contributed by atoms with van der Waals surface area (Å²) in [6, 6.07) is 11.6. The van der Waals surface area contributed by atoms with Gasteiger partial charge in [0.25, 0.3) is 0 Å². The monoisotopic (exact) mass is 682 g/mol. The molecule has 2 aliphatic rings. The number of nitrogens with one attached hydrogen (secondary N) is 3. The van der Waals surface area contributed by atoms with E-state index in [2.05, 4.69) is 25.9 Å². The number of piperidine rings is 2. The molecule has 6 rings (SSSR count). The zero-order valence-corrected chi connectivity index (χ0v) is 27.4. The van der Waals surface area contributed by atoms with Gasteiger partial charge in [-0.05, 0) is 63.0 Å². The van der Waals surface area contributed by atoms with Crippen molar-refractivity contribution in [3.8, 4) is 0 Å². The summed E-state index contributed by atoms with van der Waals surface area (Å²) in [6.07, 6.45) is 3.64. The number of nitrogen functional groups attached to an aromatic ring is 2. The third-order valence-corrected chi connectivity index (χ3v) is 9.83. The van der Waals surface area contributed by atoms with Gasteiger partial charge in [0.15, 0.2) is 10.3 Å². The molecule has 0 unspecified atom stereocenters. The highest BCUT2D eigenvalue weighted by molar-refractivity contribution is 7.18. The first kappa shape index (κ1) is 33.9. The zero-order chi connectivity index (χ0) is 33.5. The molecule has 15 heteroatoms. The molecule has 0 radical (unpaired) electrons. The van der Waals surface area contributed by atoms with Crippen LogP contribution >= 0.6 is 22.7 Å². The largest absolute Gasteiger partial charge is 0.382 e. The number of rotatable bonds is 8. The number of amides is 1. The molecule has 47 heavy (non-hydrogen) atoms. The molecule has 0 saturated carbocycles. The van der Waals surface area contributed by atoms with Crippen LogP contribution in [0, 0.1) is 11.6 Å². The zero-order valence-electron chi connectivity index (χ0n) is 25.7. The van der Waals surface area contributed by atoms with Crippen LogP contribution in [-0.2, 0) is 4.79 Å². The Labute approximate surface area is 278 Å². The Kier molecular flexibility index (Phi) is 11.1. The van der Waals surface area contributed by atoms with Gasteiger partial charge in [-0.25, -0.2) is 18.7 Å².